The van der Waals surface area contributed by atoms with Crippen molar-refractivity contribution in [1.82, 2.24) is 10.6 Å². The number of Topliss-reactive ketones (excluding diaryl/α,β-unsaturated/α-hetero) is 1. The van der Waals surface area contributed by atoms with E-state index in [-0.39, 0.29) is 30.0 Å². The lowest BCUT2D eigenvalue weighted by Gasteiger charge is -2.29. The Morgan fingerprint density at radius 1 is 1.21 bits per heavy atom. The highest BCUT2D eigenvalue weighted by atomic mass is 16.2. The molecule has 1 aliphatic rings. The number of rotatable bonds is 6. The second-order valence-corrected chi connectivity index (χ2v) is 4.48. The fraction of sp³-hybridized carbons (Fsp3) is 0.636. The van der Waals surface area contributed by atoms with Crippen molar-refractivity contribution < 1.29 is 14.4 Å². The van der Waals surface area contributed by atoms with Crippen LogP contribution in [-0.4, -0.2) is 42.2 Å². The summed E-state index contributed by atoms with van der Waals surface area (Å²) in [6, 6.07) is -1.36. The van der Waals surface area contributed by atoms with E-state index in [1.165, 1.54) is 6.92 Å². The monoisotopic (exact) mass is 269 g/mol. The van der Waals surface area contributed by atoms with Gasteiger partial charge in [-0.05, 0) is 19.8 Å². The Morgan fingerprint density at radius 3 is 2.37 bits per heavy atom. The van der Waals surface area contributed by atoms with Gasteiger partial charge in [-0.15, -0.1) is 0 Å². The smallest absolute Gasteiger partial charge is 0.243 e. The number of hydrogen-bond donors (Lipinski definition) is 4. The lowest BCUT2D eigenvalue weighted by molar-refractivity contribution is -0.138. The van der Waals surface area contributed by atoms with E-state index in [9.17, 15) is 14.4 Å². The second-order valence-electron chi connectivity index (χ2n) is 4.48. The van der Waals surface area contributed by atoms with Crippen LogP contribution in [0.4, 0.5) is 0 Å². The molecule has 19 heavy (non-hydrogen) atoms. The molecule has 8 nitrogen and oxygen atoms in total. The van der Waals surface area contributed by atoms with Crippen LogP contribution < -0.4 is 22.1 Å². The molecule has 2 atom stereocenters. The second kappa shape index (κ2) is 6.72. The van der Waals surface area contributed by atoms with Crippen LogP contribution in [0.3, 0.4) is 0 Å². The zero-order valence-electron chi connectivity index (χ0n) is 10.8. The Bertz CT molecular complexity index is 403. The molecule has 1 aliphatic heterocycles. The fourth-order valence-corrected chi connectivity index (χ4v) is 1.81. The third kappa shape index (κ3) is 4.94. The molecule has 6 N–H and O–H groups in total. The van der Waals surface area contributed by atoms with E-state index in [0.717, 1.165) is 0 Å². The minimum atomic E-state index is -0.765. The lowest BCUT2D eigenvalue weighted by atomic mass is 10.0. The zero-order valence-corrected chi connectivity index (χ0v) is 10.8. The van der Waals surface area contributed by atoms with Gasteiger partial charge in [0.25, 0.3) is 0 Å². The van der Waals surface area contributed by atoms with Gasteiger partial charge >= 0.3 is 0 Å². The van der Waals surface area contributed by atoms with Gasteiger partial charge in [0.2, 0.25) is 11.8 Å². The molecule has 106 valence electrons. The van der Waals surface area contributed by atoms with Gasteiger partial charge in [0.05, 0.1) is 0 Å². The number of aliphatic imine (C=N–C) groups is 1. The topological polar surface area (TPSA) is 140 Å². The third-order valence-electron chi connectivity index (χ3n) is 2.70. The molecule has 1 saturated heterocycles. The van der Waals surface area contributed by atoms with Crippen molar-refractivity contribution in [2.45, 2.75) is 38.3 Å². The minimum absolute atomic E-state index is 0.00125. The number of ketones is 1. The average Bonchev–Trinajstić information content (AvgIpc) is 2.29. The number of nitrogens with two attached hydrogens (primary N) is 2. The molecule has 1 rings (SSSR count). The maximum absolute atomic E-state index is 11.7. The number of carbonyl (C=O) groups is 3. The summed E-state index contributed by atoms with van der Waals surface area (Å²) in [7, 11) is 0. The maximum atomic E-state index is 11.7. The largest absolute Gasteiger partial charge is 0.370 e. The molecule has 0 aromatic rings. The molecule has 0 aromatic carbocycles. The maximum Gasteiger partial charge on any atom is 0.243 e. The summed E-state index contributed by atoms with van der Waals surface area (Å²) in [5.41, 5.74) is 10.3. The van der Waals surface area contributed by atoms with E-state index >= 15 is 0 Å². The Morgan fingerprint density at radius 2 is 1.79 bits per heavy atom. The molecule has 1 fully saturated rings. The highest BCUT2D eigenvalue weighted by Gasteiger charge is 2.33. The quantitative estimate of drug-likeness (QED) is 0.251. The predicted octanol–water partition coefficient (Wildman–Crippen LogP) is -2.00. The Labute approximate surface area is 111 Å². The molecule has 1 heterocycles. The van der Waals surface area contributed by atoms with Crippen LogP contribution >= 0.6 is 0 Å². The minimum Gasteiger partial charge on any atom is -0.370 e. The Balaban J connectivity index is 2.43. The first-order valence-corrected chi connectivity index (χ1v) is 6.05. The number of nitrogens with zero attached hydrogens (tertiary/aromatic N) is 1. The third-order valence-corrected chi connectivity index (χ3v) is 2.70. The molecule has 0 aromatic heterocycles. The van der Waals surface area contributed by atoms with E-state index in [1.54, 1.807) is 0 Å². The molecule has 0 radical (unpaired) electrons. The number of carbonyl (C=O) groups excluding carboxylic acids is 3. The fourth-order valence-electron chi connectivity index (χ4n) is 1.81. The molecule has 0 spiro atoms. The Hall–Kier alpha value is -2.12. The van der Waals surface area contributed by atoms with Gasteiger partial charge in [0.1, 0.15) is 17.9 Å². The van der Waals surface area contributed by atoms with Gasteiger partial charge in [-0.1, -0.05) is 0 Å². The first-order valence-electron chi connectivity index (χ1n) is 6.05. The van der Waals surface area contributed by atoms with E-state index in [0.29, 0.717) is 19.4 Å². The van der Waals surface area contributed by atoms with E-state index in [4.69, 9.17) is 11.5 Å². The summed E-state index contributed by atoms with van der Waals surface area (Å²) in [4.78, 5) is 38.2. The van der Waals surface area contributed by atoms with Gasteiger partial charge in [-0.25, -0.2) is 0 Å². The van der Waals surface area contributed by atoms with Gasteiger partial charge in [0, 0.05) is 13.0 Å². The van der Waals surface area contributed by atoms with Crippen molar-refractivity contribution in [3.63, 3.8) is 0 Å². The van der Waals surface area contributed by atoms with Crippen LogP contribution in [0.5, 0.6) is 0 Å². The average molecular weight is 269 g/mol. The highest BCUT2D eigenvalue weighted by Crippen LogP contribution is 2.06. The molecule has 2 amide bonds. The SMILES string of the molecule is CC(=O)CC1NC(=O)C(CCCN=C(N)N)NC1=O. The van der Waals surface area contributed by atoms with Crippen molar-refractivity contribution in [2.75, 3.05) is 6.54 Å². The highest BCUT2D eigenvalue weighted by molar-refractivity contribution is 5.99. The van der Waals surface area contributed by atoms with E-state index in [1.807, 2.05) is 0 Å². The first kappa shape index (κ1) is 14.9. The van der Waals surface area contributed by atoms with Crippen molar-refractivity contribution >= 4 is 23.6 Å². The van der Waals surface area contributed by atoms with Crippen LogP contribution in [0, 0.1) is 0 Å². The number of guanidine groups is 1. The molecular formula is C11H19N5O3. The van der Waals surface area contributed by atoms with Crippen LogP contribution in [0.1, 0.15) is 26.2 Å². The molecule has 0 aliphatic carbocycles. The van der Waals surface area contributed by atoms with Crippen LogP contribution in [-0.2, 0) is 14.4 Å². The van der Waals surface area contributed by atoms with Gasteiger partial charge in [-0.2, -0.15) is 0 Å². The number of amides is 2. The number of hydrogen-bond acceptors (Lipinski definition) is 4. The standard InChI is InChI=1S/C11H19N5O3/c1-6(17)5-8-10(19)15-7(9(18)16-8)3-2-4-14-11(12)13/h7-8H,2-5H2,1H3,(H,15,19)(H,16,18)(H4,12,13,14). The van der Waals surface area contributed by atoms with Crippen molar-refractivity contribution in [1.29, 1.82) is 0 Å². The Kier molecular flexibility index (Phi) is 5.28. The van der Waals surface area contributed by atoms with Crippen molar-refractivity contribution in [3.8, 4) is 0 Å². The summed E-state index contributed by atoms with van der Waals surface area (Å²) >= 11 is 0. The zero-order chi connectivity index (χ0) is 14.4. The molecule has 8 heteroatoms. The van der Waals surface area contributed by atoms with Crippen molar-refractivity contribution in [3.05, 3.63) is 0 Å². The summed E-state index contributed by atoms with van der Waals surface area (Å²) in [6.45, 7) is 1.78. The molecular weight excluding hydrogens is 250 g/mol. The van der Waals surface area contributed by atoms with Gasteiger partial charge < -0.3 is 22.1 Å². The summed E-state index contributed by atoms with van der Waals surface area (Å²) < 4.78 is 0. The summed E-state index contributed by atoms with van der Waals surface area (Å²) in [6.07, 6.45) is 1.03. The van der Waals surface area contributed by atoms with E-state index in [2.05, 4.69) is 15.6 Å². The van der Waals surface area contributed by atoms with E-state index < -0.39 is 12.1 Å². The van der Waals surface area contributed by atoms with Crippen LogP contribution in [0.2, 0.25) is 0 Å². The summed E-state index contributed by atoms with van der Waals surface area (Å²) in [5, 5.41) is 5.14. The van der Waals surface area contributed by atoms with Crippen LogP contribution in [0.15, 0.2) is 4.99 Å². The molecule has 2 unspecified atom stereocenters. The van der Waals surface area contributed by atoms with Gasteiger partial charge in [0.15, 0.2) is 5.96 Å². The predicted molar refractivity (Wildman–Crippen MR) is 69.1 cm³/mol. The molecule has 0 saturated carbocycles. The number of piperazine rings is 1. The van der Waals surface area contributed by atoms with Crippen LogP contribution in [0.25, 0.3) is 0 Å². The summed E-state index contributed by atoms with van der Waals surface area (Å²) in [5.74, 6) is -0.762. The van der Waals surface area contributed by atoms with Crippen molar-refractivity contribution in [2.24, 2.45) is 16.5 Å². The molecule has 0 bridgehead atoms. The first-order chi connectivity index (χ1) is 8.90. The number of nitrogens with one attached hydrogen (secondary N) is 2. The lowest BCUT2D eigenvalue weighted by Crippen LogP contribution is -2.61. The van der Waals surface area contributed by atoms with Gasteiger partial charge in [-0.3, -0.25) is 19.4 Å². The normalized spacial score (nSPS) is 22.4.